The SMILES string of the molecule is CC1CCC(CN)CN1C(C)c1cc(Br)ccc1F. The van der Waals surface area contributed by atoms with Gasteiger partial charge in [-0.2, -0.15) is 0 Å². The summed E-state index contributed by atoms with van der Waals surface area (Å²) in [6.07, 6.45) is 2.32. The van der Waals surface area contributed by atoms with Crippen LogP contribution in [-0.4, -0.2) is 24.0 Å². The van der Waals surface area contributed by atoms with Gasteiger partial charge in [-0.15, -0.1) is 0 Å². The van der Waals surface area contributed by atoms with E-state index in [1.165, 1.54) is 12.5 Å². The molecule has 0 aliphatic carbocycles. The third kappa shape index (κ3) is 3.36. The van der Waals surface area contributed by atoms with Crippen LogP contribution in [0.5, 0.6) is 0 Å². The van der Waals surface area contributed by atoms with Gasteiger partial charge < -0.3 is 5.73 Å². The van der Waals surface area contributed by atoms with Crippen molar-refractivity contribution in [3.8, 4) is 0 Å². The molecule has 19 heavy (non-hydrogen) atoms. The molecule has 1 aromatic carbocycles. The first-order valence-electron chi connectivity index (χ1n) is 6.93. The van der Waals surface area contributed by atoms with Gasteiger partial charge in [-0.1, -0.05) is 15.9 Å². The second-order valence-corrected chi connectivity index (χ2v) is 6.48. The van der Waals surface area contributed by atoms with E-state index in [-0.39, 0.29) is 11.9 Å². The van der Waals surface area contributed by atoms with Crippen LogP contribution >= 0.6 is 15.9 Å². The Morgan fingerprint density at radius 1 is 1.47 bits per heavy atom. The van der Waals surface area contributed by atoms with Crippen LogP contribution in [0.2, 0.25) is 0 Å². The summed E-state index contributed by atoms with van der Waals surface area (Å²) in [6.45, 7) is 5.99. The van der Waals surface area contributed by atoms with E-state index in [2.05, 4.69) is 34.7 Å². The molecule has 1 aliphatic rings. The Balaban J connectivity index is 2.21. The lowest BCUT2D eigenvalue weighted by atomic mass is 9.91. The molecule has 3 unspecified atom stereocenters. The van der Waals surface area contributed by atoms with Crippen molar-refractivity contribution in [3.63, 3.8) is 0 Å². The molecule has 0 amide bonds. The van der Waals surface area contributed by atoms with Gasteiger partial charge in [0.05, 0.1) is 0 Å². The third-order valence-electron chi connectivity index (χ3n) is 4.27. The number of rotatable bonds is 3. The monoisotopic (exact) mass is 328 g/mol. The molecule has 1 aromatic rings. The van der Waals surface area contributed by atoms with Gasteiger partial charge in [-0.25, -0.2) is 4.39 Å². The molecule has 1 saturated heterocycles. The summed E-state index contributed by atoms with van der Waals surface area (Å²) in [5, 5.41) is 0. The number of piperidine rings is 1. The van der Waals surface area contributed by atoms with Crippen molar-refractivity contribution in [3.05, 3.63) is 34.1 Å². The third-order valence-corrected chi connectivity index (χ3v) is 4.76. The molecule has 4 heteroatoms. The highest BCUT2D eigenvalue weighted by Gasteiger charge is 2.29. The molecule has 2 rings (SSSR count). The van der Waals surface area contributed by atoms with Crippen LogP contribution in [0.3, 0.4) is 0 Å². The van der Waals surface area contributed by atoms with Crippen LogP contribution < -0.4 is 5.73 Å². The molecule has 0 saturated carbocycles. The average molecular weight is 329 g/mol. The Kier molecular flexibility index (Phi) is 4.98. The van der Waals surface area contributed by atoms with Gasteiger partial charge in [0.25, 0.3) is 0 Å². The Morgan fingerprint density at radius 2 is 2.21 bits per heavy atom. The first-order valence-corrected chi connectivity index (χ1v) is 7.73. The minimum Gasteiger partial charge on any atom is -0.330 e. The Morgan fingerprint density at radius 3 is 2.89 bits per heavy atom. The Hall–Kier alpha value is -0.450. The van der Waals surface area contributed by atoms with E-state index < -0.39 is 0 Å². The molecular weight excluding hydrogens is 307 g/mol. The van der Waals surface area contributed by atoms with Crippen LogP contribution in [0.1, 0.15) is 38.3 Å². The lowest BCUT2D eigenvalue weighted by molar-refractivity contribution is 0.0796. The zero-order valence-corrected chi connectivity index (χ0v) is 13.2. The minimum atomic E-state index is -0.127. The summed E-state index contributed by atoms with van der Waals surface area (Å²) in [6, 6.07) is 5.73. The highest BCUT2D eigenvalue weighted by atomic mass is 79.9. The van der Waals surface area contributed by atoms with Crippen molar-refractivity contribution >= 4 is 15.9 Å². The fourth-order valence-electron chi connectivity index (χ4n) is 2.96. The van der Waals surface area contributed by atoms with Crippen molar-refractivity contribution in [2.24, 2.45) is 11.7 Å². The van der Waals surface area contributed by atoms with Gasteiger partial charge in [-0.05, 0) is 57.4 Å². The van der Waals surface area contributed by atoms with E-state index in [0.29, 0.717) is 12.0 Å². The quantitative estimate of drug-likeness (QED) is 0.916. The maximum Gasteiger partial charge on any atom is 0.128 e. The van der Waals surface area contributed by atoms with Crippen LogP contribution in [0.4, 0.5) is 4.39 Å². The summed E-state index contributed by atoms with van der Waals surface area (Å²) >= 11 is 3.42. The normalized spacial score (nSPS) is 26.4. The zero-order chi connectivity index (χ0) is 14.0. The predicted octanol–water partition coefficient (Wildman–Crippen LogP) is 3.71. The van der Waals surface area contributed by atoms with Crippen molar-refractivity contribution in [2.45, 2.75) is 38.8 Å². The minimum absolute atomic E-state index is 0.0850. The van der Waals surface area contributed by atoms with Gasteiger partial charge in [0.1, 0.15) is 5.82 Å². The predicted molar refractivity (Wildman–Crippen MR) is 80.5 cm³/mol. The summed E-state index contributed by atoms with van der Waals surface area (Å²) in [5.41, 5.74) is 6.56. The van der Waals surface area contributed by atoms with Crippen LogP contribution in [0.15, 0.2) is 22.7 Å². The second-order valence-electron chi connectivity index (χ2n) is 5.57. The summed E-state index contributed by atoms with van der Waals surface area (Å²) in [4.78, 5) is 2.38. The molecule has 0 spiro atoms. The number of likely N-dealkylation sites (tertiary alicyclic amines) is 1. The van der Waals surface area contributed by atoms with Crippen molar-refractivity contribution < 1.29 is 4.39 Å². The van der Waals surface area contributed by atoms with E-state index in [9.17, 15) is 4.39 Å². The number of nitrogens with two attached hydrogens (primary N) is 1. The van der Waals surface area contributed by atoms with Crippen LogP contribution in [-0.2, 0) is 0 Å². The molecule has 0 bridgehead atoms. The molecule has 1 heterocycles. The summed E-state index contributed by atoms with van der Waals surface area (Å²) < 4.78 is 14.9. The maximum atomic E-state index is 14.0. The Bertz CT molecular complexity index is 438. The van der Waals surface area contributed by atoms with Crippen molar-refractivity contribution in [2.75, 3.05) is 13.1 Å². The Labute approximate surface area is 123 Å². The molecule has 1 aliphatic heterocycles. The lowest BCUT2D eigenvalue weighted by Crippen LogP contribution is -2.45. The molecular formula is C15H22BrFN2. The van der Waals surface area contributed by atoms with Gasteiger partial charge in [0.15, 0.2) is 0 Å². The molecule has 2 nitrogen and oxygen atoms in total. The smallest absolute Gasteiger partial charge is 0.128 e. The molecule has 1 fully saturated rings. The average Bonchev–Trinajstić information content (AvgIpc) is 2.41. The highest BCUT2D eigenvalue weighted by molar-refractivity contribution is 9.10. The van der Waals surface area contributed by atoms with E-state index in [0.717, 1.165) is 29.5 Å². The number of nitrogens with zero attached hydrogens (tertiary/aromatic N) is 1. The van der Waals surface area contributed by atoms with Gasteiger partial charge in [0.2, 0.25) is 0 Å². The van der Waals surface area contributed by atoms with E-state index in [4.69, 9.17) is 5.73 Å². The van der Waals surface area contributed by atoms with Crippen LogP contribution in [0.25, 0.3) is 0 Å². The molecule has 0 radical (unpaired) electrons. The molecule has 0 aromatic heterocycles. The molecule has 106 valence electrons. The first kappa shape index (κ1) is 14.9. The maximum absolute atomic E-state index is 14.0. The highest BCUT2D eigenvalue weighted by Crippen LogP contribution is 2.32. The topological polar surface area (TPSA) is 29.3 Å². The summed E-state index contributed by atoms with van der Waals surface area (Å²) in [5.74, 6) is 0.409. The fourth-order valence-corrected chi connectivity index (χ4v) is 3.34. The molecule has 3 atom stereocenters. The van der Waals surface area contributed by atoms with E-state index in [1.54, 1.807) is 6.07 Å². The largest absolute Gasteiger partial charge is 0.330 e. The number of halogens is 2. The lowest BCUT2D eigenvalue weighted by Gasteiger charge is -2.41. The molecule has 2 N–H and O–H groups in total. The first-order chi connectivity index (χ1) is 9.02. The summed E-state index contributed by atoms with van der Waals surface area (Å²) in [7, 11) is 0. The van der Waals surface area contributed by atoms with E-state index in [1.807, 2.05) is 6.07 Å². The van der Waals surface area contributed by atoms with Gasteiger partial charge >= 0.3 is 0 Å². The van der Waals surface area contributed by atoms with Crippen LogP contribution in [0, 0.1) is 11.7 Å². The fraction of sp³-hybridized carbons (Fsp3) is 0.600. The second kappa shape index (κ2) is 6.33. The zero-order valence-electron chi connectivity index (χ0n) is 11.6. The van der Waals surface area contributed by atoms with Crippen molar-refractivity contribution in [1.29, 1.82) is 0 Å². The number of hydrogen-bond acceptors (Lipinski definition) is 2. The van der Waals surface area contributed by atoms with E-state index >= 15 is 0 Å². The number of hydrogen-bond donors (Lipinski definition) is 1. The van der Waals surface area contributed by atoms with Gasteiger partial charge in [0, 0.05) is 28.7 Å². The van der Waals surface area contributed by atoms with Crippen molar-refractivity contribution in [1.82, 2.24) is 4.90 Å². The standard InChI is InChI=1S/C15H22BrFN2/c1-10-3-4-12(8-18)9-19(10)11(2)14-7-13(16)5-6-15(14)17/h5-7,10-12H,3-4,8-9,18H2,1-2H3. The number of benzene rings is 1. The van der Waals surface area contributed by atoms with Gasteiger partial charge in [-0.3, -0.25) is 4.90 Å².